The lowest BCUT2D eigenvalue weighted by molar-refractivity contribution is 0.102. The molecule has 0 saturated heterocycles. The molecule has 0 heterocycles. The Balaban J connectivity index is 2.21. The first-order valence-electron chi connectivity index (χ1n) is 7.78. The molecule has 1 aliphatic rings. The third-order valence-electron chi connectivity index (χ3n) is 4.03. The van der Waals surface area contributed by atoms with Crippen molar-refractivity contribution in [1.82, 2.24) is 0 Å². The van der Waals surface area contributed by atoms with Gasteiger partial charge in [0.2, 0.25) is 5.78 Å². The molecule has 3 rings (SSSR count). The summed E-state index contributed by atoms with van der Waals surface area (Å²) in [6, 6.07) is 5.07. The molecule has 30 heavy (non-hydrogen) atoms. The van der Waals surface area contributed by atoms with E-state index in [2.05, 4.69) is 10.2 Å². The van der Waals surface area contributed by atoms with E-state index < -0.39 is 59.3 Å². The summed E-state index contributed by atoms with van der Waals surface area (Å²) in [7, 11) is -9.79. The number of rotatable bonds is 4. The van der Waals surface area contributed by atoms with E-state index in [4.69, 9.17) is 16.2 Å². The number of phenols is 2. The van der Waals surface area contributed by atoms with Crippen molar-refractivity contribution >= 4 is 43.3 Å². The summed E-state index contributed by atoms with van der Waals surface area (Å²) in [6.45, 7) is 0. The van der Waals surface area contributed by atoms with Gasteiger partial charge in [-0.3, -0.25) is 13.9 Å². The Morgan fingerprint density at radius 3 is 2.17 bits per heavy atom. The molecule has 0 amide bonds. The average Bonchev–Trinajstić information content (AvgIpc) is 2.61. The molecule has 0 unspecified atom stereocenters. The molecule has 0 saturated carbocycles. The SMILES string of the molecule is O=C1C(N=Nc2cc(Cl)ccc2O)=C(S(=O)(=O)O)Cc2cc(S(=O)(=O)O)cc(O)c21. The normalized spacial score (nSPS) is 15.0. The van der Waals surface area contributed by atoms with Gasteiger partial charge < -0.3 is 10.2 Å². The van der Waals surface area contributed by atoms with Crippen LogP contribution in [0, 0.1) is 0 Å². The number of phenolic OH excluding ortho intramolecular Hbond substituents is 2. The van der Waals surface area contributed by atoms with E-state index in [1.807, 2.05) is 0 Å². The highest BCUT2D eigenvalue weighted by Gasteiger charge is 2.35. The number of allylic oxidation sites excluding steroid dienone is 2. The van der Waals surface area contributed by atoms with Crippen LogP contribution >= 0.6 is 11.6 Å². The van der Waals surface area contributed by atoms with Crippen LogP contribution in [0.1, 0.15) is 15.9 Å². The van der Waals surface area contributed by atoms with Crippen molar-refractivity contribution in [2.24, 2.45) is 10.2 Å². The minimum absolute atomic E-state index is 0.154. The molecule has 158 valence electrons. The summed E-state index contributed by atoms with van der Waals surface area (Å²) in [5, 5.41) is 27.1. The largest absolute Gasteiger partial charge is 0.507 e. The van der Waals surface area contributed by atoms with Gasteiger partial charge in [0, 0.05) is 17.5 Å². The van der Waals surface area contributed by atoms with E-state index in [9.17, 15) is 36.4 Å². The highest BCUT2D eigenvalue weighted by atomic mass is 35.5. The number of azo groups is 1. The lowest BCUT2D eigenvalue weighted by Crippen LogP contribution is -2.21. The molecule has 0 atom stereocenters. The number of aromatic hydroxyl groups is 2. The fraction of sp³-hybridized carbons (Fsp3) is 0.0625. The van der Waals surface area contributed by atoms with Crippen molar-refractivity contribution in [2.75, 3.05) is 0 Å². The molecule has 0 aromatic heterocycles. The highest BCUT2D eigenvalue weighted by molar-refractivity contribution is 7.89. The Bertz CT molecular complexity index is 1360. The number of Topliss-reactive ketones (excluding diaryl/α,β-unsaturated/α-hetero) is 1. The Labute approximate surface area is 174 Å². The maximum atomic E-state index is 12.8. The average molecular weight is 475 g/mol. The van der Waals surface area contributed by atoms with Gasteiger partial charge in [-0.1, -0.05) is 11.6 Å². The van der Waals surface area contributed by atoms with E-state index >= 15 is 0 Å². The molecular weight excluding hydrogens is 464 g/mol. The molecule has 2 aromatic carbocycles. The maximum absolute atomic E-state index is 12.8. The molecule has 0 radical (unpaired) electrons. The van der Waals surface area contributed by atoms with E-state index in [-0.39, 0.29) is 22.0 Å². The zero-order valence-corrected chi connectivity index (χ0v) is 16.9. The van der Waals surface area contributed by atoms with Crippen molar-refractivity contribution in [3.63, 3.8) is 0 Å². The molecule has 0 bridgehead atoms. The van der Waals surface area contributed by atoms with Gasteiger partial charge in [-0.15, -0.1) is 10.2 Å². The van der Waals surface area contributed by atoms with Gasteiger partial charge in [0.15, 0.2) is 5.70 Å². The molecule has 1 aliphatic carbocycles. The number of ketones is 1. The third-order valence-corrected chi connectivity index (χ3v) is 6.06. The zero-order chi connectivity index (χ0) is 22.4. The van der Waals surface area contributed by atoms with Crippen LogP contribution in [0.3, 0.4) is 0 Å². The quantitative estimate of drug-likeness (QED) is 0.380. The third kappa shape index (κ3) is 4.20. The van der Waals surface area contributed by atoms with Gasteiger partial charge in [0.05, 0.1) is 10.5 Å². The van der Waals surface area contributed by atoms with Gasteiger partial charge in [-0.05, 0) is 29.8 Å². The van der Waals surface area contributed by atoms with Crippen LogP contribution in [0.15, 0.2) is 56.1 Å². The Kier molecular flexibility index (Phi) is 5.43. The van der Waals surface area contributed by atoms with Crippen molar-refractivity contribution in [1.29, 1.82) is 0 Å². The molecule has 0 aliphatic heterocycles. The monoisotopic (exact) mass is 474 g/mol. The molecule has 4 N–H and O–H groups in total. The smallest absolute Gasteiger partial charge is 0.294 e. The first-order chi connectivity index (χ1) is 13.8. The van der Waals surface area contributed by atoms with E-state index in [0.717, 1.165) is 6.07 Å². The molecular formula is C16H11ClN2O9S2. The van der Waals surface area contributed by atoms with Gasteiger partial charge in [-0.25, -0.2) is 0 Å². The summed E-state index contributed by atoms with van der Waals surface area (Å²) in [5.41, 5.74) is -1.85. The van der Waals surface area contributed by atoms with Crippen molar-refractivity contribution in [2.45, 2.75) is 11.3 Å². The molecule has 0 fully saturated rings. The van der Waals surface area contributed by atoms with Gasteiger partial charge >= 0.3 is 0 Å². The molecule has 2 aromatic rings. The topological polar surface area (TPSA) is 191 Å². The number of carbonyl (C=O) groups is 1. The van der Waals surface area contributed by atoms with Gasteiger partial charge in [0.25, 0.3) is 20.2 Å². The number of benzene rings is 2. The Morgan fingerprint density at radius 1 is 0.900 bits per heavy atom. The predicted octanol–water partition coefficient (Wildman–Crippen LogP) is 2.62. The molecule has 11 nitrogen and oxygen atoms in total. The first-order valence-corrected chi connectivity index (χ1v) is 11.0. The van der Waals surface area contributed by atoms with Crippen molar-refractivity contribution in [3.8, 4) is 11.5 Å². The standard InChI is InChI=1S/C16H11ClN2O9S2/c17-8-1-2-11(20)10(5-8)18-19-15-13(30(26,27)28)4-7-3-9(29(23,24)25)6-12(21)14(7)16(15)22/h1-3,5-6,20-21H,4H2,(H,23,24,25)(H,26,27,28). The van der Waals surface area contributed by atoms with Crippen LogP contribution in [-0.2, 0) is 26.7 Å². The van der Waals surface area contributed by atoms with Gasteiger partial charge in [0.1, 0.15) is 22.1 Å². The molecule has 14 heteroatoms. The minimum Gasteiger partial charge on any atom is -0.507 e. The molecule has 0 spiro atoms. The van der Waals surface area contributed by atoms with E-state index in [1.54, 1.807) is 0 Å². The lowest BCUT2D eigenvalue weighted by atomic mass is 9.93. The van der Waals surface area contributed by atoms with Crippen LogP contribution in [0.4, 0.5) is 5.69 Å². The van der Waals surface area contributed by atoms with E-state index in [0.29, 0.717) is 6.07 Å². The summed E-state index contributed by atoms with van der Waals surface area (Å²) in [6.07, 6.45) is -0.729. The second kappa shape index (κ2) is 7.45. The van der Waals surface area contributed by atoms with Gasteiger partial charge in [-0.2, -0.15) is 16.8 Å². The van der Waals surface area contributed by atoms with E-state index in [1.165, 1.54) is 18.2 Å². The van der Waals surface area contributed by atoms with Crippen LogP contribution in [-0.4, -0.2) is 41.9 Å². The maximum Gasteiger partial charge on any atom is 0.294 e. The number of halogens is 1. The number of hydrogen-bond acceptors (Lipinski definition) is 9. The van der Waals surface area contributed by atoms with Crippen molar-refractivity contribution in [3.05, 3.63) is 57.1 Å². The lowest BCUT2D eigenvalue weighted by Gasteiger charge is -2.19. The van der Waals surface area contributed by atoms with Crippen molar-refractivity contribution < 1.29 is 40.9 Å². The highest BCUT2D eigenvalue weighted by Crippen LogP contribution is 2.37. The number of fused-ring (bicyclic) bond motifs is 1. The van der Waals surface area contributed by atoms with Crippen LogP contribution in [0.5, 0.6) is 11.5 Å². The zero-order valence-electron chi connectivity index (χ0n) is 14.5. The summed E-state index contributed by atoms with van der Waals surface area (Å²) in [5.74, 6) is -2.44. The summed E-state index contributed by atoms with van der Waals surface area (Å²) >= 11 is 5.78. The Hall–Kier alpha value is -2.84. The fourth-order valence-corrected chi connectivity index (χ4v) is 4.14. The Morgan fingerprint density at radius 2 is 1.57 bits per heavy atom. The van der Waals surface area contributed by atoms with Crippen LogP contribution in [0.25, 0.3) is 0 Å². The second-order valence-corrected chi connectivity index (χ2v) is 9.34. The predicted molar refractivity (Wildman–Crippen MR) is 102 cm³/mol. The summed E-state index contributed by atoms with van der Waals surface area (Å²) < 4.78 is 64.9. The minimum atomic E-state index is -5.01. The fourth-order valence-electron chi connectivity index (χ4n) is 2.70. The first kappa shape index (κ1) is 21.9. The summed E-state index contributed by atoms with van der Waals surface area (Å²) in [4.78, 5) is 11.1. The number of hydrogen-bond donors (Lipinski definition) is 4. The second-order valence-electron chi connectivity index (χ2n) is 6.04. The number of nitrogens with zero attached hydrogens (tertiary/aromatic N) is 2. The van der Waals surface area contributed by atoms with Crippen LogP contribution in [0.2, 0.25) is 5.02 Å². The number of carbonyl (C=O) groups excluding carboxylic acids is 1. The van der Waals surface area contributed by atoms with Crippen LogP contribution < -0.4 is 0 Å².